The minimum absolute atomic E-state index is 0.431. The van der Waals surface area contributed by atoms with Crippen molar-refractivity contribution < 1.29 is 0 Å². The topological polar surface area (TPSA) is 45.2 Å². The summed E-state index contributed by atoms with van der Waals surface area (Å²) in [6.07, 6.45) is 0. The van der Waals surface area contributed by atoms with E-state index in [-0.39, 0.29) is 0 Å². The van der Waals surface area contributed by atoms with Crippen LogP contribution in [0.25, 0.3) is 56.4 Å². The number of fused-ring (bicyclic) bond motifs is 2. The van der Waals surface area contributed by atoms with Crippen molar-refractivity contribution in [1.82, 2.24) is 15.0 Å². The molecule has 0 aliphatic carbocycles. The standard InChI is InChI=1S/C60H45N5/c1-60(2)53-40-48(59-62-57(46-22-12-5-13-23-46)61-58(63-59)47-24-14-6-15-25-47)32-38-55(53)65(49-26-16-7-17-27-49)56-39-37-52(41-54(56)60)64(50-33-28-44(29-34-50)42-18-8-3-9-19-42)51-35-30-45(31-36-51)43-20-10-4-11-21-43/h3-41H,1-2H3. The van der Waals surface area contributed by atoms with Gasteiger partial charge in [-0.2, -0.15) is 0 Å². The van der Waals surface area contributed by atoms with Gasteiger partial charge in [-0.25, -0.2) is 15.0 Å². The maximum absolute atomic E-state index is 5.13. The molecule has 0 bridgehead atoms. The molecule has 5 nitrogen and oxygen atoms in total. The van der Waals surface area contributed by atoms with Crippen LogP contribution in [0.5, 0.6) is 0 Å². The summed E-state index contributed by atoms with van der Waals surface area (Å²) in [5.74, 6) is 1.91. The van der Waals surface area contributed by atoms with Crippen LogP contribution in [0.2, 0.25) is 0 Å². The van der Waals surface area contributed by atoms with Crippen molar-refractivity contribution in [3.8, 4) is 56.4 Å². The zero-order valence-corrected chi connectivity index (χ0v) is 36.3. The van der Waals surface area contributed by atoms with E-state index in [4.69, 9.17) is 15.0 Å². The molecular formula is C60H45N5. The molecule has 0 fully saturated rings. The van der Waals surface area contributed by atoms with Crippen LogP contribution in [0.15, 0.2) is 237 Å². The van der Waals surface area contributed by atoms with E-state index in [0.29, 0.717) is 17.5 Å². The lowest BCUT2D eigenvalue weighted by Gasteiger charge is -2.43. The quantitative estimate of drug-likeness (QED) is 0.145. The summed E-state index contributed by atoms with van der Waals surface area (Å²) in [5.41, 5.74) is 16.1. The zero-order chi connectivity index (χ0) is 43.7. The third-order valence-corrected chi connectivity index (χ3v) is 12.5. The summed E-state index contributed by atoms with van der Waals surface area (Å²) >= 11 is 0. The number of hydrogen-bond donors (Lipinski definition) is 0. The first-order chi connectivity index (χ1) is 32.0. The molecule has 0 radical (unpaired) electrons. The number of benzene rings is 9. The lowest BCUT2D eigenvalue weighted by atomic mass is 9.73. The molecule has 1 aromatic heterocycles. The van der Waals surface area contributed by atoms with Crippen molar-refractivity contribution >= 4 is 34.1 Å². The summed E-state index contributed by atoms with van der Waals surface area (Å²) < 4.78 is 0. The van der Waals surface area contributed by atoms with E-state index in [2.05, 4.69) is 224 Å². The fourth-order valence-corrected chi connectivity index (χ4v) is 9.11. The third-order valence-electron chi connectivity index (χ3n) is 12.5. The van der Waals surface area contributed by atoms with Crippen LogP contribution in [0.4, 0.5) is 34.1 Å². The van der Waals surface area contributed by atoms with Gasteiger partial charge in [-0.05, 0) is 106 Å². The van der Waals surface area contributed by atoms with Gasteiger partial charge < -0.3 is 9.80 Å². The molecule has 1 aliphatic heterocycles. The van der Waals surface area contributed by atoms with E-state index in [0.717, 1.165) is 50.8 Å². The molecule has 1 aliphatic rings. The molecule has 0 saturated carbocycles. The molecule has 2 heterocycles. The van der Waals surface area contributed by atoms with Crippen molar-refractivity contribution in [3.63, 3.8) is 0 Å². The predicted molar refractivity (Wildman–Crippen MR) is 269 cm³/mol. The van der Waals surface area contributed by atoms with Crippen LogP contribution in [0.3, 0.4) is 0 Å². The molecule has 11 rings (SSSR count). The third kappa shape index (κ3) is 7.53. The summed E-state index contributed by atoms with van der Waals surface area (Å²) in [5, 5.41) is 0. The average Bonchev–Trinajstić information content (AvgIpc) is 3.38. The maximum Gasteiger partial charge on any atom is 0.164 e. The van der Waals surface area contributed by atoms with Crippen LogP contribution >= 0.6 is 0 Å². The minimum atomic E-state index is -0.431. The highest BCUT2D eigenvalue weighted by Gasteiger charge is 2.38. The number of para-hydroxylation sites is 1. The van der Waals surface area contributed by atoms with Gasteiger partial charge in [-0.3, -0.25) is 0 Å². The largest absolute Gasteiger partial charge is 0.310 e. The number of anilines is 6. The Bertz CT molecular complexity index is 3110. The zero-order valence-electron chi connectivity index (χ0n) is 36.3. The van der Waals surface area contributed by atoms with E-state index in [1.807, 2.05) is 36.4 Å². The second kappa shape index (κ2) is 16.7. The molecule has 9 aromatic carbocycles. The summed E-state index contributed by atoms with van der Waals surface area (Å²) in [7, 11) is 0. The number of hydrogen-bond acceptors (Lipinski definition) is 5. The second-order valence-corrected chi connectivity index (χ2v) is 16.9. The summed E-state index contributed by atoms with van der Waals surface area (Å²) in [6, 6.07) is 83.6. The lowest BCUT2D eigenvalue weighted by Crippen LogP contribution is -2.31. The Morgan fingerprint density at radius 1 is 0.323 bits per heavy atom. The molecule has 0 spiro atoms. The molecule has 0 atom stereocenters. The van der Waals surface area contributed by atoms with Crippen LogP contribution in [-0.2, 0) is 5.41 Å². The smallest absolute Gasteiger partial charge is 0.164 e. The molecular weight excluding hydrogens is 791 g/mol. The van der Waals surface area contributed by atoms with Gasteiger partial charge in [0, 0.05) is 44.9 Å². The molecule has 0 amide bonds. The van der Waals surface area contributed by atoms with Crippen molar-refractivity contribution in [1.29, 1.82) is 0 Å². The van der Waals surface area contributed by atoms with Gasteiger partial charge >= 0.3 is 0 Å². The van der Waals surface area contributed by atoms with Gasteiger partial charge in [0.1, 0.15) is 0 Å². The van der Waals surface area contributed by atoms with Gasteiger partial charge in [0.05, 0.1) is 11.4 Å². The van der Waals surface area contributed by atoms with Gasteiger partial charge in [0.15, 0.2) is 17.5 Å². The second-order valence-electron chi connectivity index (χ2n) is 16.9. The molecule has 5 heteroatoms. The first kappa shape index (κ1) is 39.4. The molecule has 0 saturated heterocycles. The Morgan fingerprint density at radius 3 is 1.12 bits per heavy atom. The fraction of sp³-hybridized carbons (Fsp3) is 0.0500. The molecule has 0 unspecified atom stereocenters. The Hall–Kier alpha value is -8.41. The van der Waals surface area contributed by atoms with Crippen LogP contribution in [-0.4, -0.2) is 15.0 Å². The van der Waals surface area contributed by atoms with E-state index in [9.17, 15) is 0 Å². The highest BCUT2D eigenvalue weighted by molar-refractivity contribution is 5.90. The number of rotatable bonds is 9. The predicted octanol–water partition coefficient (Wildman–Crippen LogP) is 15.8. The first-order valence-corrected chi connectivity index (χ1v) is 22.1. The van der Waals surface area contributed by atoms with Crippen molar-refractivity contribution in [2.24, 2.45) is 0 Å². The van der Waals surface area contributed by atoms with Crippen molar-refractivity contribution in [3.05, 3.63) is 248 Å². The van der Waals surface area contributed by atoms with Crippen LogP contribution < -0.4 is 9.80 Å². The monoisotopic (exact) mass is 835 g/mol. The number of aromatic nitrogens is 3. The van der Waals surface area contributed by atoms with Crippen LogP contribution in [0, 0.1) is 0 Å². The van der Waals surface area contributed by atoms with Crippen LogP contribution in [0.1, 0.15) is 25.0 Å². The van der Waals surface area contributed by atoms with E-state index >= 15 is 0 Å². The Labute approximate surface area is 380 Å². The van der Waals surface area contributed by atoms with Crippen molar-refractivity contribution in [2.75, 3.05) is 9.80 Å². The normalized spacial score (nSPS) is 12.6. The average molecular weight is 836 g/mol. The fourth-order valence-electron chi connectivity index (χ4n) is 9.11. The molecule has 0 N–H and O–H groups in total. The SMILES string of the molecule is CC1(C)c2cc(-c3nc(-c4ccccc4)nc(-c4ccccc4)n3)ccc2N(c2ccccc2)c2ccc(N(c3ccc(-c4ccccc4)cc3)c3ccc(-c4ccccc4)cc3)cc21. The molecule has 310 valence electrons. The maximum atomic E-state index is 5.13. The molecule has 65 heavy (non-hydrogen) atoms. The Morgan fingerprint density at radius 2 is 0.662 bits per heavy atom. The van der Waals surface area contributed by atoms with Crippen molar-refractivity contribution in [2.45, 2.75) is 19.3 Å². The Kier molecular flexibility index (Phi) is 10.1. The van der Waals surface area contributed by atoms with Gasteiger partial charge in [-0.1, -0.05) is 178 Å². The van der Waals surface area contributed by atoms with Gasteiger partial charge in [-0.15, -0.1) is 0 Å². The summed E-state index contributed by atoms with van der Waals surface area (Å²) in [4.78, 5) is 20.0. The summed E-state index contributed by atoms with van der Waals surface area (Å²) in [6.45, 7) is 4.68. The van der Waals surface area contributed by atoms with Gasteiger partial charge in [0.25, 0.3) is 0 Å². The first-order valence-electron chi connectivity index (χ1n) is 22.1. The number of nitrogens with zero attached hydrogens (tertiary/aromatic N) is 5. The molecule has 10 aromatic rings. The lowest BCUT2D eigenvalue weighted by molar-refractivity contribution is 0.632. The van der Waals surface area contributed by atoms with E-state index < -0.39 is 5.41 Å². The van der Waals surface area contributed by atoms with E-state index in [1.54, 1.807) is 0 Å². The minimum Gasteiger partial charge on any atom is -0.310 e. The highest BCUT2D eigenvalue weighted by atomic mass is 15.2. The Balaban J connectivity index is 1.06. The van der Waals surface area contributed by atoms with Gasteiger partial charge in [0.2, 0.25) is 0 Å². The van der Waals surface area contributed by atoms with E-state index in [1.165, 1.54) is 33.4 Å². The highest BCUT2D eigenvalue weighted by Crippen LogP contribution is 2.54.